The van der Waals surface area contributed by atoms with Gasteiger partial charge < -0.3 is 4.57 Å². The number of hydrogen-bond donors (Lipinski definition) is 1. The number of nitrogens with one attached hydrogen (secondary N) is 1. The highest BCUT2D eigenvalue weighted by molar-refractivity contribution is 5.69. The first-order valence-corrected chi connectivity index (χ1v) is 6.49. The zero-order valence-electron chi connectivity index (χ0n) is 12.6. The van der Waals surface area contributed by atoms with Crippen molar-refractivity contribution in [1.29, 1.82) is 0 Å². The average Bonchev–Trinajstić information content (AvgIpc) is 2.79. The molecule has 0 bridgehead atoms. The van der Waals surface area contributed by atoms with E-state index >= 15 is 0 Å². The summed E-state index contributed by atoms with van der Waals surface area (Å²) in [6, 6.07) is 0. The summed E-state index contributed by atoms with van der Waals surface area (Å²) in [7, 11) is 3.27. The Morgan fingerprint density at radius 3 is 2.67 bits per heavy atom. The van der Waals surface area contributed by atoms with Crippen LogP contribution in [0.2, 0.25) is 0 Å². The van der Waals surface area contributed by atoms with Crippen LogP contribution in [0.15, 0.2) is 21.0 Å². The number of aromatic amines is 1. The molecule has 0 saturated carbocycles. The van der Waals surface area contributed by atoms with Gasteiger partial charge in [0.1, 0.15) is 0 Å². The van der Waals surface area contributed by atoms with Gasteiger partial charge in [-0.1, -0.05) is 19.0 Å². The van der Waals surface area contributed by atoms with Crippen LogP contribution < -0.4 is 11.2 Å². The van der Waals surface area contributed by atoms with Gasteiger partial charge in [-0.15, -0.1) is 0 Å². The zero-order valence-corrected chi connectivity index (χ0v) is 12.6. The fraction of sp³-hybridized carbons (Fsp3) is 0.583. The predicted molar refractivity (Wildman–Crippen MR) is 80.0 cm³/mol. The highest BCUT2D eigenvalue weighted by Gasteiger charge is 2.08. The summed E-state index contributed by atoms with van der Waals surface area (Å²) in [6.45, 7) is 4.84. The molecule has 0 amide bonds. The molecule has 2 rings (SSSR count). The van der Waals surface area contributed by atoms with Crippen molar-refractivity contribution in [3.8, 4) is 0 Å². The van der Waals surface area contributed by atoms with Gasteiger partial charge in [0.15, 0.2) is 11.2 Å². The quantitative estimate of drug-likeness (QED) is 0.521. The second-order valence-corrected chi connectivity index (χ2v) is 4.98. The van der Waals surface area contributed by atoms with Gasteiger partial charge in [0, 0.05) is 25.6 Å². The molecule has 0 unspecified atom stereocenters. The molecule has 0 aliphatic heterocycles. The summed E-state index contributed by atoms with van der Waals surface area (Å²) in [5.41, 5.74) is 7.79. The Kier molecular flexibility index (Phi) is 5.74. The van der Waals surface area contributed by atoms with E-state index in [0.717, 1.165) is 6.42 Å². The second-order valence-electron chi connectivity index (χ2n) is 4.98. The summed E-state index contributed by atoms with van der Waals surface area (Å²) < 4.78 is 2.88. The van der Waals surface area contributed by atoms with E-state index in [1.807, 2.05) is 0 Å². The highest BCUT2D eigenvalue weighted by atomic mass is 16.2. The van der Waals surface area contributed by atoms with Crippen molar-refractivity contribution in [1.82, 2.24) is 19.1 Å². The molecule has 0 aliphatic carbocycles. The lowest BCUT2D eigenvalue weighted by molar-refractivity contribution is 0.595. The van der Waals surface area contributed by atoms with Crippen LogP contribution in [0.5, 0.6) is 0 Å². The highest BCUT2D eigenvalue weighted by Crippen LogP contribution is 2.00. The molecule has 114 valence electrons. The van der Waals surface area contributed by atoms with Gasteiger partial charge in [0.25, 0.3) is 5.56 Å². The predicted octanol–water partition coefficient (Wildman–Crippen LogP) is 1.30. The van der Waals surface area contributed by atoms with Gasteiger partial charge in [0.2, 0.25) is 0 Å². The van der Waals surface area contributed by atoms with E-state index in [-0.39, 0.29) is 0 Å². The number of H-pyrrole nitrogens is 1. The molecule has 1 N–H and O–H groups in total. The lowest BCUT2D eigenvalue weighted by Crippen LogP contribution is -2.28. The SMILES string of the molecule is CC(C)CCN=[N+]=[N-].Cn1cnc2c1c(=O)[nH]c(=O)n2C. The molecule has 2 heterocycles. The lowest BCUT2D eigenvalue weighted by atomic mass is 10.1. The standard InChI is InChI=1S/C7H8N4O2.C5H11N3/c1-10-3-8-5-4(10)6(12)9-7(13)11(5)2;1-5(2)3-4-7-8-6/h3H,1-2H3,(H,9,12,13);5H,3-4H2,1-2H3. The number of aromatic nitrogens is 4. The smallest absolute Gasteiger partial charge is 0.328 e. The number of aryl methyl sites for hydroxylation is 2. The van der Waals surface area contributed by atoms with Crippen molar-refractivity contribution < 1.29 is 0 Å². The number of azide groups is 1. The summed E-state index contributed by atoms with van der Waals surface area (Å²) in [5, 5.41) is 3.39. The maximum absolute atomic E-state index is 11.3. The van der Waals surface area contributed by atoms with E-state index in [1.54, 1.807) is 18.7 Å². The Labute approximate surface area is 120 Å². The number of fused-ring (bicyclic) bond motifs is 1. The Balaban J connectivity index is 0.000000240. The zero-order chi connectivity index (χ0) is 16.0. The van der Waals surface area contributed by atoms with Crippen molar-refractivity contribution in [2.24, 2.45) is 25.1 Å². The topological polar surface area (TPSA) is 121 Å². The van der Waals surface area contributed by atoms with E-state index in [1.165, 1.54) is 10.9 Å². The summed E-state index contributed by atoms with van der Waals surface area (Å²) >= 11 is 0. The van der Waals surface area contributed by atoms with Gasteiger partial charge in [-0.05, 0) is 17.9 Å². The van der Waals surface area contributed by atoms with Crippen LogP contribution in [0.25, 0.3) is 21.6 Å². The summed E-state index contributed by atoms with van der Waals surface area (Å²) in [4.78, 5) is 31.2. The van der Waals surface area contributed by atoms with E-state index in [2.05, 4.69) is 33.8 Å². The minimum atomic E-state index is -0.448. The summed E-state index contributed by atoms with van der Waals surface area (Å²) in [6.07, 6.45) is 2.49. The largest absolute Gasteiger partial charge is 0.329 e. The molecular weight excluding hydrogens is 274 g/mol. The molecule has 0 aliphatic rings. The molecule has 21 heavy (non-hydrogen) atoms. The Bertz CT molecular complexity index is 762. The minimum Gasteiger partial charge on any atom is -0.328 e. The second kappa shape index (κ2) is 7.30. The fourth-order valence-electron chi connectivity index (χ4n) is 1.62. The van der Waals surface area contributed by atoms with Crippen LogP contribution in [0.1, 0.15) is 20.3 Å². The van der Waals surface area contributed by atoms with Crippen LogP contribution in [0.4, 0.5) is 0 Å². The van der Waals surface area contributed by atoms with Gasteiger partial charge in [0.05, 0.1) is 6.33 Å². The third kappa shape index (κ3) is 4.22. The Morgan fingerprint density at radius 2 is 2.10 bits per heavy atom. The number of rotatable bonds is 3. The molecule has 0 fully saturated rings. The first-order chi connectivity index (χ1) is 9.88. The Morgan fingerprint density at radius 1 is 1.43 bits per heavy atom. The van der Waals surface area contributed by atoms with E-state index in [9.17, 15) is 9.59 Å². The third-order valence-corrected chi connectivity index (χ3v) is 2.85. The van der Waals surface area contributed by atoms with Crippen LogP contribution in [0.3, 0.4) is 0 Å². The van der Waals surface area contributed by atoms with Gasteiger partial charge in [-0.3, -0.25) is 14.3 Å². The monoisotopic (exact) mass is 293 g/mol. The molecule has 0 atom stereocenters. The molecule has 0 spiro atoms. The van der Waals surface area contributed by atoms with Gasteiger partial charge in [-0.2, -0.15) is 0 Å². The molecule has 2 aromatic rings. The minimum absolute atomic E-state index is 0.399. The first kappa shape index (κ1) is 16.5. The van der Waals surface area contributed by atoms with E-state index in [4.69, 9.17) is 5.53 Å². The lowest BCUT2D eigenvalue weighted by Gasteiger charge is -1.97. The Hall–Kier alpha value is -2.54. The van der Waals surface area contributed by atoms with Crippen LogP contribution in [-0.4, -0.2) is 25.6 Å². The number of hydrogen-bond acceptors (Lipinski definition) is 4. The van der Waals surface area contributed by atoms with Crippen LogP contribution in [-0.2, 0) is 14.1 Å². The molecule has 9 heteroatoms. The molecule has 9 nitrogen and oxygen atoms in total. The number of imidazole rings is 1. The summed E-state index contributed by atoms with van der Waals surface area (Å²) in [5.74, 6) is 0.639. The van der Waals surface area contributed by atoms with E-state index < -0.39 is 11.2 Å². The molecule has 0 aromatic carbocycles. The maximum atomic E-state index is 11.3. The van der Waals surface area contributed by atoms with Crippen molar-refractivity contribution in [2.75, 3.05) is 6.54 Å². The number of nitrogens with zero attached hydrogens (tertiary/aromatic N) is 6. The van der Waals surface area contributed by atoms with Crippen molar-refractivity contribution in [3.63, 3.8) is 0 Å². The normalized spacial score (nSPS) is 10.1. The van der Waals surface area contributed by atoms with Crippen molar-refractivity contribution >= 4 is 11.2 Å². The van der Waals surface area contributed by atoms with Gasteiger partial charge >= 0.3 is 5.69 Å². The van der Waals surface area contributed by atoms with Crippen molar-refractivity contribution in [3.05, 3.63) is 37.6 Å². The van der Waals surface area contributed by atoms with Crippen LogP contribution in [0, 0.1) is 5.92 Å². The van der Waals surface area contributed by atoms with Crippen molar-refractivity contribution in [2.45, 2.75) is 20.3 Å². The van der Waals surface area contributed by atoms with E-state index in [0.29, 0.717) is 23.6 Å². The molecule has 0 saturated heterocycles. The molecular formula is C12H19N7O2. The average molecular weight is 293 g/mol. The van der Waals surface area contributed by atoms with Gasteiger partial charge in [-0.25, -0.2) is 9.78 Å². The third-order valence-electron chi connectivity index (χ3n) is 2.85. The fourth-order valence-corrected chi connectivity index (χ4v) is 1.62. The van der Waals surface area contributed by atoms with Crippen LogP contribution >= 0.6 is 0 Å². The first-order valence-electron chi connectivity index (χ1n) is 6.49. The molecule has 2 aromatic heterocycles. The maximum Gasteiger partial charge on any atom is 0.329 e. The molecule has 0 radical (unpaired) electrons.